The number of nitrogens with zero attached hydrogens (tertiary/aromatic N) is 1. The van der Waals surface area contributed by atoms with Crippen molar-refractivity contribution in [3.8, 4) is 0 Å². The van der Waals surface area contributed by atoms with Crippen molar-refractivity contribution in [2.75, 3.05) is 13.2 Å². The zero-order valence-corrected chi connectivity index (χ0v) is 10.9. The van der Waals surface area contributed by atoms with Crippen LogP contribution in [0.3, 0.4) is 0 Å². The van der Waals surface area contributed by atoms with Crippen LogP contribution in [0.2, 0.25) is 0 Å². The van der Waals surface area contributed by atoms with Crippen molar-refractivity contribution in [1.82, 2.24) is 4.98 Å². The highest BCUT2D eigenvalue weighted by molar-refractivity contribution is 5.13. The third-order valence-corrected chi connectivity index (χ3v) is 2.13. The molecule has 1 rings (SSSR count). The van der Waals surface area contributed by atoms with Gasteiger partial charge in [-0.25, -0.2) is 0 Å². The normalized spacial score (nSPS) is 11.8. The molecule has 0 unspecified atom stereocenters. The summed E-state index contributed by atoms with van der Waals surface area (Å²) in [6.07, 6.45) is 1.78. The largest absolute Gasteiger partial charge is 0.373 e. The van der Waals surface area contributed by atoms with E-state index in [9.17, 15) is 0 Å². The molecule has 4 heteroatoms. The molecular weight excluding hydrogens is 216 g/mol. The van der Waals surface area contributed by atoms with Crippen molar-refractivity contribution < 1.29 is 9.47 Å². The van der Waals surface area contributed by atoms with Gasteiger partial charge in [0, 0.05) is 12.7 Å². The predicted molar refractivity (Wildman–Crippen MR) is 67.5 cm³/mol. The lowest BCUT2D eigenvalue weighted by Gasteiger charge is -2.19. The molecule has 1 heterocycles. The molecule has 96 valence electrons. The summed E-state index contributed by atoms with van der Waals surface area (Å²) in [5.74, 6) is 0. The molecule has 4 nitrogen and oxygen atoms in total. The number of rotatable bonds is 6. The first-order valence-corrected chi connectivity index (χ1v) is 5.87. The van der Waals surface area contributed by atoms with Gasteiger partial charge in [0.2, 0.25) is 0 Å². The molecular formula is C13H22N2O2. The third-order valence-electron chi connectivity index (χ3n) is 2.13. The molecule has 17 heavy (non-hydrogen) atoms. The fraction of sp³-hybridized carbons (Fsp3) is 0.615. The molecule has 0 aliphatic heterocycles. The molecule has 0 saturated carbocycles. The highest BCUT2D eigenvalue weighted by Gasteiger charge is 2.08. The summed E-state index contributed by atoms with van der Waals surface area (Å²) < 4.78 is 11.0. The van der Waals surface area contributed by atoms with Gasteiger partial charge in [0.1, 0.15) is 0 Å². The molecule has 0 bridgehead atoms. The maximum atomic E-state index is 5.54. The second-order valence-electron chi connectivity index (χ2n) is 4.88. The molecule has 1 aromatic rings. The highest BCUT2D eigenvalue weighted by atomic mass is 16.5. The zero-order chi connectivity index (χ0) is 12.7. The Kier molecular flexibility index (Phi) is 5.55. The van der Waals surface area contributed by atoms with Gasteiger partial charge in [-0.1, -0.05) is 6.07 Å². The van der Waals surface area contributed by atoms with Crippen molar-refractivity contribution in [2.45, 2.75) is 39.5 Å². The molecule has 0 saturated heterocycles. The van der Waals surface area contributed by atoms with Crippen molar-refractivity contribution in [2.24, 2.45) is 5.73 Å². The molecule has 0 aliphatic carbocycles. The van der Waals surface area contributed by atoms with Gasteiger partial charge in [0.15, 0.2) is 0 Å². The van der Waals surface area contributed by atoms with E-state index >= 15 is 0 Å². The minimum atomic E-state index is -0.107. The molecule has 0 atom stereocenters. The maximum Gasteiger partial charge on any atom is 0.0889 e. The first kappa shape index (κ1) is 14.1. The Balaban J connectivity index is 2.18. The molecule has 0 radical (unpaired) electrons. The number of nitrogens with two attached hydrogens (primary N) is 1. The third kappa shape index (κ3) is 6.36. The lowest BCUT2D eigenvalue weighted by molar-refractivity contribution is -0.0380. The van der Waals surface area contributed by atoms with E-state index in [4.69, 9.17) is 15.2 Å². The summed E-state index contributed by atoms with van der Waals surface area (Å²) in [6, 6.07) is 3.91. The second-order valence-corrected chi connectivity index (χ2v) is 4.88. The lowest BCUT2D eigenvalue weighted by Crippen LogP contribution is -2.21. The van der Waals surface area contributed by atoms with E-state index < -0.39 is 0 Å². The molecule has 1 aromatic heterocycles. The summed E-state index contributed by atoms with van der Waals surface area (Å²) in [4.78, 5) is 4.25. The fourth-order valence-corrected chi connectivity index (χ4v) is 1.24. The first-order valence-electron chi connectivity index (χ1n) is 5.87. The van der Waals surface area contributed by atoms with Crippen LogP contribution in [0.4, 0.5) is 0 Å². The molecule has 0 aromatic carbocycles. The number of pyridine rings is 1. The van der Waals surface area contributed by atoms with Crippen molar-refractivity contribution >= 4 is 0 Å². The average Bonchev–Trinajstić information content (AvgIpc) is 2.28. The van der Waals surface area contributed by atoms with Gasteiger partial charge in [0.05, 0.1) is 31.1 Å². The van der Waals surface area contributed by atoms with Crippen LogP contribution in [0, 0.1) is 0 Å². The lowest BCUT2D eigenvalue weighted by atomic mass is 10.2. The van der Waals surface area contributed by atoms with E-state index in [1.54, 1.807) is 6.20 Å². The van der Waals surface area contributed by atoms with E-state index in [0.29, 0.717) is 26.4 Å². The van der Waals surface area contributed by atoms with Gasteiger partial charge in [-0.2, -0.15) is 0 Å². The van der Waals surface area contributed by atoms with Gasteiger partial charge < -0.3 is 15.2 Å². The molecule has 0 amide bonds. The Morgan fingerprint density at radius 1 is 1.24 bits per heavy atom. The first-order chi connectivity index (χ1) is 8.01. The van der Waals surface area contributed by atoms with E-state index in [0.717, 1.165) is 11.3 Å². The Labute approximate surface area is 103 Å². The van der Waals surface area contributed by atoms with Gasteiger partial charge in [0.25, 0.3) is 0 Å². The minimum absolute atomic E-state index is 0.107. The van der Waals surface area contributed by atoms with E-state index in [1.165, 1.54) is 0 Å². The van der Waals surface area contributed by atoms with Crippen LogP contribution in [0.25, 0.3) is 0 Å². The predicted octanol–water partition coefficient (Wildman–Crippen LogP) is 1.87. The Morgan fingerprint density at radius 2 is 2.00 bits per heavy atom. The maximum absolute atomic E-state index is 5.54. The summed E-state index contributed by atoms with van der Waals surface area (Å²) in [7, 11) is 0. The van der Waals surface area contributed by atoms with Crippen LogP contribution in [0.5, 0.6) is 0 Å². The molecule has 2 N–H and O–H groups in total. The van der Waals surface area contributed by atoms with E-state index in [-0.39, 0.29) is 5.60 Å². The van der Waals surface area contributed by atoms with Gasteiger partial charge >= 0.3 is 0 Å². The van der Waals surface area contributed by atoms with Gasteiger partial charge in [-0.3, -0.25) is 4.98 Å². The van der Waals surface area contributed by atoms with E-state index in [2.05, 4.69) is 4.98 Å². The van der Waals surface area contributed by atoms with Crippen LogP contribution in [0.15, 0.2) is 18.3 Å². The quantitative estimate of drug-likeness (QED) is 0.769. The van der Waals surface area contributed by atoms with Gasteiger partial charge in [-0.05, 0) is 32.4 Å². The number of hydrogen-bond acceptors (Lipinski definition) is 4. The summed E-state index contributed by atoms with van der Waals surface area (Å²) in [5, 5.41) is 0. The van der Waals surface area contributed by atoms with Crippen molar-refractivity contribution in [3.63, 3.8) is 0 Å². The minimum Gasteiger partial charge on any atom is -0.373 e. The number of hydrogen-bond donors (Lipinski definition) is 1. The number of aromatic nitrogens is 1. The van der Waals surface area contributed by atoms with Crippen LogP contribution < -0.4 is 5.73 Å². The topological polar surface area (TPSA) is 57.4 Å². The number of ether oxygens (including phenoxy) is 2. The van der Waals surface area contributed by atoms with Crippen LogP contribution in [0.1, 0.15) is 32.0 Å². The van der Waals surface area contributed by atoms with Crippen molar-refractivity contribution in [1.29, 1.82) is 0 Å². The molecule has 0 spiro atoms. The Morgan fingerprint density at radius 3 is 2.53 bits per heavy atom. The van der Waals surface area contributed by atoms with Crippen LogP contribution in [-0.4, -0.2) is 23.8 Å². The molecule has 0 fully saturated rings. The summed E-state index contributed by atoms with van der Waals surface area (Å²) >= 11 is 0. The Bertz CT molecular complexity index is 317. The SMILES string of the molecule is CC(C)(C)OCCOCc1ccc(CN)cn1. The fourth-order valence-electron chi connectivity index (χ4n) is 1.24. The van der Waals surface area contributed by atoms with Crippen LogP contribution in [-0.2, 0) is 22.6 Å². The monoisotopic (exact) mass is 238 g/mol. The molecule has 0 aliphatic rings. The second kappa shape index (κ2) is 6.69. The van der Waals surface area contributed by atoms with Gasteiger partial charge in [-0.15, -0.1) is 0 Å². The van der Waals surface area contributed by atoms with Crippen molar-refractivity contribution in [3.05, 3.63) is 29.6 Å². The standard InChI is InChI=1S/C13H22N2O2/c1-13(2,3)17-7-6-16-10-12-5-4-11(8-14)9-15-12/h4-5,9H,6-8,10,14H2,1-3H3. The van der Waals surface area contributed by atoms with E-state index in [1.807, 2.05) is 32.9 Å². The summed E-state index contributed by atoms with van der Waals surface area (Å²) in [5.41, 5.74) is 7.33. The average molecular weight is 238 g/mol. The van der Waals surface area contributed by atoms with Crippen LogP contribution >= 0.6 is 0 Å². The zero-order valence-electron chi connectivity index (χ0n) is 10.9. The Hall–Kier alpha value is -0.970. The summed E-state index contributed by atoms with van der Waals surface area (Å²) in [6.45, 7) is 8.30. The smallest absolute Gasteiger partial charge is 0.0889 e. The highest BCUT2D eigenvalue weighted by Crippen LogP contribution is 2.06.